The van der Waals surface area contributed by atoms with Crippen molar-refractivity contribution in [1.82, 2.24) is 19.7 Å². The second-order valence-corrected chi connectivity index (χ2v) is 7.85. The number of likely N-dealkylation sites (tertiary alicyclic amines) is 1. The van der Waals surface area contributed by atoms with Crippen LogP contribution in [0.2, 0.25) is 0 Å². The van der Waals surface area contributed by atoms with Gasteiger partial charge in [0.05, 0.1) is 17.9 Å². The number of nitrogens with zero attached hydrogens (tertiary/aromatic N) is 4. The number of aryl methyl sites for hydroxylation is 1. The van der Waals surface area contributed by atoms with E-state index in [-0.39, 0.29) is 18.5 Å². The first-order valence-electron chi connectivity index (χ1n) is 10.2. The number of fused-ring (bicyclic) bond motifs is 3. The second-order valence-electron chi connectivity index (χ2n) is 7.85. The Morgan fingerprint density at radius 1 is 1.24 bits per heavy atom. The van der Waals surface area contributed by atoms with E-state index < -0.39 is 0 Å². The molecule has 0 radical (unpaired) electrons. The third-order valence-electron chi connectivity index (χ3n) is 5.87. The van der Waals surface area contributed by atoms with E-state index in [1.165, 1.54) is 0 Å². The molecule has 1 fully saturated rings. The number of amides is 1. The number of rotatable bonds is 3. The van der Waals surface area contributed by atoms with E-state index >= 15 is 0 Å². The van der Waals surface area contributed by atoms with Crippen molar-refractivity contribution in [2.45, 2.75) is 45.4 Å². The SMILES string of the molecule is Cc1ccc2c(c1)-c1c(cnn1CC(=O)N1CCCCC1c1cccnc1)CO2. The summed E-state index contributed by atoms with van der Waals surface area (Å²) in [4.78, 5) is 19.6. The first-order valence-corrected chi connectivity index (χ1v) is 10.2. The van der Waals surface area contributed by atoms with Gasteiger partial charge in [0.1, 0.15) is 18.9 Å². The molecule has 1 saturated heterocycles. The first-order chi connectivity index (χ1) is 14.2. The number of benzene rings is 1. The number of carbonyl (C=O) groups excluding carboxylic acids is 1. The van der Waals surface area contributed by atoms with E-state index in [0.29, 0.717) is 6.61 Å². The van der Waals surface area contributed by atoms with Gasteiger partial charge in [0.2, 0.25) is 5.91 Å². The number of hydrogen-bond donors (Lipinski definition) is 0. The zero-order chi connectivity index (χ0) is 19.8. The molecule has 1 amide bonds. The summed E-state index contributed by atoms with van der Waals surface area (Å²) in [7, 11) is 0. The van der Waals surface area contributed by atoms with Crippen LogP contribution in [0.3, 0.4) is 0 Å². The van der Waals surface area contributed by atoms with E-state index in [1.807, 2.05) is 40.2 Å². The van der Waals surface area contributed by atoms with E-state index in [9.17, 15) is 4.79 Å². The summed E-state index contributed by atoms with van der Waals surface area (Å²) in [6, 6.07) is 10.2. The average Bonchev–Trinajstić information content (AvgIpc) is 3.17. The Balaban J connectivity index is 1.44. The molecule has 6 nitrogen and oxygen atoms in total. The van der Waals surface area contributed by atoms with Crippen molar-refractivity contribution in [3.8, 4) is 17.0 Å². The number of aromatic nitrogens is 3. The Bertz CT molecular complexity index is 1040. The zero-order valence-electron chi connectivity index (χ0n) is 16.5. The van der Waals surface area contributed by atoms with Gasteiger partial charge in [-0.25, -0.2) is 0 Å². The molecule has 4 heterocycles. The lowest BCUT2D eigenvalue weighted by atomic mass is 9.96. The Labute approximate surface area is 170 Å². The molecule has 2 aromatic heterocycles. The lowest BCUT2D eigenvalue weighted by Gasteiger charge is -2.36. The molecular weight excluding hydrogens is 364 g/mol. The van der Waals surface area contributed by atoms with Crippen molar-refractivity contribution in [2.24, 2.45) is 0 Å². The van der Waals surface area contributed by atoms with E-state index in [0.717, 1.165) is 59.5 Å². The van der Waals surface area contributed by atoms with Crippen LogP contribution < -0.4 is 4.74 Å². The number of piperidine rings is 1. The Morgan fingerprint density at radius 2 is 2.17 bits per heavy atom. The summed E-state index contributed by atoms with van der Waals surface area (Å²) in [5.41, 5.74) is 5.31. The number of hydrogen-bond acceptors (Lipinski definition) is 4. The molecule has 0 bridgehead atoms. The topological polar surface area (TPSA) is 60.2 Å². The third-order valence-corrected chi connectivity index (χ3v) is 5.87. The fraction of sp³-hybridized carbons (Fsp3) is 0.348. The van der Waals surface area contributed by atoms with Crippen LogP contribution in [0, 0.1) is 6.92 Å². The molecule has 0 spiro atoms. The van der Waals surface area contributed by atoms with E-state index in [2.05, 4.69) is 29.1 Å². The molecule has 1 atom stereocenters. The van der Waals surface area contributed by atoms with Crippen LogP contribution in [-0.2, 0) is 17.9 Å². The van der Waals surface area contributed by atoms with Crippen LogP contribution >= 0.6 is 0 Å². The lowest BCUT2D eigenvalue weighted by Crippen LogP contribution is -2.40. The highest BCUT2D eigenvalue weighted by molar-refractivity contribution is 5.79. The molecule has 1 aromatic carbocycles. The minimum atomic E-state index is 0.0919. The molecule has 2 aliphatic rings. The largest absolute Gasteiger partial charge is 0.488 e. The fourth-order valence-electron chi connectivity index (χ4n) is 4.44. The van der Waals surface area contributed by atoms with Gasteiger partial charge in [0, 0.05) is 30.1 Å². The lowest BCUT2D eigenvalue weighted by molar-refractivity contribution is -0.135. The maximum atomic E-state index is 13.3. The van der Waals surface area contributed by atoms with Crippen molar-refractivity contribution < 1.29 is 9.53 Å². The highest BCUT2D eigenvalue weighted by atomic mass is 16.5. The van der Waals surface area contributed by atoms with Crippen LogP contribution in [0.4, 0.5) is 0 Å². The quantitative estimate of drug-likeness (QED) is 0.683. The fourth-order valence-corrected chi connectivity index (χ4v) is 4.44. The number of ether oxygens (including phenoxy) is 1. The van der Waals surface area contributed by atoms with Crippen LogP contribution in [0.1, 0.15) is 42.0 Å². The van der Waals surface area contributed by atoms with Crippen molar-refractivity contribution >= 4 is 5.91 Å². The maximum Gasteiger partial charge on any atom is 0.244 e. The van der Waals surface area contributed by atoms with Crippen LogP contribution in [0.15, 0.2) is 48.9 Å². The molecule has 29 heavy (non-hydrogen) atoms. The molecule has 3 aromatic rings. The molecule has 148 valence electrons. The monoisotopic (exact) mass is 388 g/mol. The smallest absolute Gasteiger partial charge is 0.244 e. The van der Waals surface area contributed by atoms with Gasteiger partial charge in [-0.2, -0.15) is 5.10 Å². The van der Waals surface area contributed by atoms with Crippen molar-refractivity contribution in [2.75, 3.05) is 6.54 Å². The van der Waals surface area contributed by atoms with Gasteiger partial charge in [-0.1, -0.05) is 17.7 Å². The van der Waals surface area contributed by atoms with Gasteiger partial charge in [0.25, 0.3) is 0 Å². The molecule has 6 heteroatoms. The van der Waals surface area contributed by atoms with Crippen molar-refractivity contribution in [3.63, 3.8) is 0 Å². The molecular formula is C23H24N4O2. The Kier molecular flexibility index (Phi) is 4.54. The van der Waals surface area contributed by atoms with Gasteiger partial charge in [-0.3, -0.25) is 14.5 Å². The van der Waals surface area contributed by atoms with Crippen LogP contribution in [-0.4, -0.2) is 32.1 Å². The van der Waals surface area contributed by atoms with Crippen molar-refractivity contribution in [1.29, 1.82) is 0 Å². The van der Waals surface area contributed by atoms with Gasteiger partial charge in [-0.05, 0) is 49.9 Å². The molecule has 0 aliphatic carbocycles. The Morgan fingerprint density at radius 3 is 3.03 bits per heavy atom. The number of carbonyl (C=O) groups is 1. The molecule has 0 saturated carbocycles. The normalized spacial score (nSPS) is 18.0. The predicted molar refractivity (Wildman–Crippen MR) is 109 cm³/mol. The standard InChI is InChI=1S/C23H24N4O2/c1-16-7-8-21-19(11-16)23-18(15-29-21)13-25-27(23)14-22(28)26-10-3-2-6-20(26)17-5-4-9-24-12-17/h4-5,7-9,11-13,20H,2-3,6,10,14-15H2,1H3. The summed E-state index contributed by atoms with van der Waals surface area (Å²) < 4.78 is 7.70. The van der Waals surface area contributed by atoms with E-state index in [4.69, 9.17) is 4.74 Å². The number of pyridine rings is 1. The van der Waals surface area contributed by atoms with Crippen LogP contribution in [0.5, 0.6) is 5.75 Å². The van der Waals surface area contributed by atoms with Gasteiger partial charge in [0.15, 0.2) is 0 Å². The molecule has 5 rings (SSSR count). The minimum Gasteiger partial charge on any atom is -0.488 e. The summed E-state index contributed by atoms with van der Waals surface area (Å²) in [5, 5.41) is 4.54. The van der Waals surface area contributed by atoms with Gasteiger partial charge in [-0.15, -0.1) is 0 Å². The maximum absolute atomic E-state index is 13.3. The predicted octanol–water partition coefficient (Wildman–Crippen LogP) is 3.90. The second kappa shape index (κ2) is 7.35. The summed E-state index contributed by atoms with van der Waals surface area (Å²) in [5.74, 6) is 0.952. The average molecular weight is 388 g/mol. The highest BCUT2D eigenvalue weighted by Crippen LogP contribution is 2.38. The summed E-state index contributed by atoms with van der Waals surface area (Å²) in [6.07, 6.45) is 8.62. The van der Waals surface area contributed by atoms with Crippen LogP contribution in [0.25, 0.3) is 11.3 Å². The molecule has 1 unspecified atom stereocenters. The third kappa shape index (κ3) is 3.28. The first kappa shape index (κ1) is 17.9. The minimum absolute atomic E-state index is 0.0919. The zero-order valence-corrected chi connectivity index (χ0v) is 16.5. The highest BCUT2D eigenvalue weighted by Gasteiger charge is 2.30. The molecule has 0 N–H and O–H groups in total. The Hall–Kier alpha value is -3.15. The van der Waals surface area contributed by atoms with Crippen molar-refractivity contribution in [3.05, 3.63) is 65.6 Å². The van der Waals surface area contributed by atoms with Gasteiger partial charge < -0.3 is 9.64 Å². The molecule has 2 aliphatic heterocycles. The van der Waals surface area contributed by atoms with Gasteiger partial charge >= 0.3 is 0 Å². The summed E-state index contributed by atoms with van der Waals surface area (Å²) >= 11 is 0. The summed E-state index contributed by atoms with van der Waals surface area (Å²) in [6.45, 7) is 3.56. The van der Waals surface area contributed by atoms with E-state index in [1.54, 1.807) is 6.20 Å².